The molecule has 2 atom stereocenters. The predicted octanol–water partition coefficient (Wildman–Crippen LogP) is 4.61. The summed E-state index contributed by atoms with van der Waals surface area (Å²) in [6.07, 6.45) is 8.14. The molecular weight excluding hydrogens is 493 g/mol. The number of carbonyl (C=O) groups is 2. The lowest BCUT2D eigenvalue weighted by atomic mass is 9.86. The number of likely N-dealkylation sites (tertiary alicyclic amines) is 1. The number of benzene rings is 1. The molecule has 6 rings (SSSR count). The third kappa shape index (κ3) is 4.20. The van der Waals surface area contributed by atoms with E-state index in [-0.39, 0.29) is 37.2 Å². The molecule has 2 saturated heterocycles. The molecule has 1 unspecified atom stereocenters. The smallest absolute Gasteiger partial charge is 0.236 e. The molecule has 10 heteroatoms. The predicted molar refractivity (Wildman–Crippen MR) is 128 cm³/mol. The van der Waals surface area contributed by atoms with Gasteiger partial charge < -0.3 is 14.8 Å². The molecule has 2 aliphatic heterocycles. The molecule has 182 valence electrons. The Morgan fingerprint density at radius 3 is 2.94 bits per heavy atom. The first-order valence-electron chi connectivity index (χ1n) is 11.6. The Balaban J connectivity index is 1.24. The highest BCUT2D eigenvalue weighted by atomic mass is 35.5. The lowest BCUT2D eigenvalue weighted by Crippen LogP contribution is -2.29. The normalized spacial score (nSPS) is 23.8. The third-order valence-electron chi connectivity index (χ3n) is 7.16. The molecule has 35 heavy (non-hydrogen) atoms. The molecule has 2 aromatic rings. The summed E-state index contributed by atoms with van der Waals surface area (Å²) < 4.78 is 24.8. The summed E-state index contributed by atoms with van der Waals surface area (Å²) in [5.74, 6) is 0.473. The fourth-order valence-electron chi connectivity index (χ4n) is 5.11. The van der Waals surface area contributed by atoms with Crippen molar-refractivity contribution in [3.63, 3.8) is 0 Å². The van der Waals surface area contributed by atoms with Crippen LogP contribution >= 0.6 is 22.9 Å². The number of nitrogens with zero attached hydrogens (tertiary/aromatic N) is 2. The fourth-order valence-corrected chi connectivity index (χ4v) is 6.35. The number of nitrogens with one attached hydrogen (secondary N) is 1. The molecule has 0 bridgehead atoms. The van der Waals surface area contributed by atoms with E-state index >= 15 is 0 Å². The van der Waals surface area contributed by atoms with Gasteiger partial charge in [-0.05, 0) is 36.6 Å². The van der Waals surface area contributed by atoms with Gasteiger partial charge in [0.1, 0.15) is 23.5 Å². The number of ether oxygens (including phenoxy) is 2. The standard InChI is InChI=1S/C25H23ClFN3O4S/c26-18-10-15(27)2-3-17(18)22(30-8-5-16(31)12-30)21-11-28-24(35-21)29-23(32)25(6-7-25)14-1-4-19-20(9-14)34-13-33-19/h1-4,10-11,20,22H,5-9,12-13H2,(H,28,29,32)/t20?,22-/m0/s1. The molecule has 1 saturated carbocycles. The number of rotatable bonds is 6. The van der Waals surface area contributed by atoms with E-state index in [0.717, 1.165) is 29.1 Å². The first-order chi connectivity index (χ1) is 16.9. The minimum Gasteiger partial charge on any atom is -0.469 e. The second-order valence-corrected chi connectivity index (χ2v) is 10.8. The topological polar surface area (TPSA) is 80.8 Å². The maximum Gasteiger partial charge on any atom is 0.236 e. The Morgan fingerprint density at radius 1 is 1.34 bits per heavy atom. The molecule has 1 amide bonds. The summed E-state index contributed by atoms with van der Waals surface area (Å²) in [6, 6.07) is 3.94. The van der Waals surface area contributed by atoms with E-state index < -0.39 is 11.2 Å². The van der Waals surface area contributed by atoms with Gasteiger partial charge in [-0.15, -0.1) is 0 Å². The number of anilines is 1. The van der Waals surface area contributed by atoms with Gasteiger partial charge in [-0.3, -0.25) is 14.5 Å². The minimum atomic E-state index is -0.541. The van der Waals surface area contributed by atoms with Gasteiger partial charge in [-0.25, -0.2) is 9.37 Å². The first kappa shape index (κ1) is 22.8. The number of halogens is 2. The molecule has 0 radical (unpaired) electrons. The van der Waals surface area contributed by atoms with Gasteiger partial charge in [0.15, 0.2) is 11.9 Å². The molecule has 7 nitrogen and oxygen atoms in total. The Bertz CT molecular complexity index is 1270. The van der Waals surface area contributed by atoms with E-state index in [0.29, 0.717) is 35.1 Å². The lowest BCUT2D eigenvalue weighted by molar-refractivity contribution is -0.120. The molecule has 2 aliphatic carbocycles. The van der Waals surface area contributed by atoms with Gasteiger partial charge in [0, 0.05) is 35.5 Å². The van der Waals surface area contributed by atoms with E-state index in [1.54, 1.807) is 12.3 Å². The molecule has 3 fully saturated rings. The van der Waals surface area contributed by atoms with Gasteiger partial charge in [-0.2, -0.15) is 0 Å². The van der Waals surface area contributed by atoms with Crippen LogP contribution in [0.1, 0.15) is 42.2 Å². The number of hydrogen-bond donors (Lipinski definition) is 1. The number of amides is 1. The van der Waals surface area contributed by atoms with Crippen molar-refractivity contribution in [1.82, 2.24) is 9.88 Å². The van der Waals surface area contributed by atoms with Crippen LogP contribution in [0.5, 0.6) is 0 Å². The highest BCUT2D eigenvalue weighted by Crippen LogP contribution is 2.55. The quantitative estimate of drug-likeness (QED) is 0.605. The van der Waals surface area contributed by atoms with E-state index in [1.165, 1.54) is 23.5 Å². The van der Waals surface area contributed by atoms with Crippen LogP contribution in [0.3, 0.4) is 0 Å². The van der Waals surface area contributed by atoms with Crippen molar-refractivity contribution in [3.8, 4) is 0 Å². The summed E-state index contributed by atoms with van der Waals surface area (Å²) in [7, 11) is 0. The highest BCUT2D eigenvalue weighted by Gasteiger charge is 2.54. The largest absolute Gasteiger partial charge is 0.469 e. The van der Waals surface area contributed by atoms with Gasteiger partial charge >= 0.3 is 0 Å². The number of carbonyl (C=O) groups excluding carboxylic acids is 2. The fraction of sp³-hybridized carbons (Fsp3) is 0.400. The Kier molecular flexibility index (Phi) is 5.75. The number of hydrogen-bond acceptors (Lipinski definition) is 7. The third-order valence-corrected chi connectivity index (χ3v) is 8.45. The molecule has 3 heterocycles. The second-order valence-electron chi connectivity index (χ2n) is 9.31. The SMILES string of the molecule is O=C1CCN([C@H](c2cnc(NC(=O)C3(C4=CC=C5OCOC5C4)CC3)s2)c2ccc(F)cc2Cl)C1. The first-order valence-corrected chi connectivity index (χ1v) is 12.8. The van der Waals surface area contributed by atoms with Crippen LogP contribution in [-0.4, -0.2) is 47.6 Å². The Morgan fingerprint density at radius 2 is 2.20 bits per heavy atom. The molecule has 1 N–H and O–H groups in total. The number of aromatic nitrogens is 1. The zero-order chi connectivity index (χ0) is 24.2. The summed E-state index contributed by atoms with van der Waals surface area (Å²) >= 11 is 7.75. The van der Waals surface area contributed by atoms with Crippen LogP contribution in [0.15, 0.2) is 47.9 Å². The van der Waals surface area contributed by atoms with Gasteiger partial charge in [-0.1, -0.05) is 40.7 Å². The summed E-state index contributed by atoms with van der Waals surface area (Å²) in [5.41, 5.74) is 1.22. The number of allylic oxidation sites excluding steroid dienone is 2. The van der Waals surface area contributed by atoms with Crippen molar-refractivity contribution in [2.24, 2.45) is 5.41 Å². The van der Waals surface area contributed by atoms with Crippen molar-refractivity contribution in [2.45, 2.75) is 37.8 Å². The lowest BCUT2D eigenvalue weighted by Gasteiger charge is -2.27. The van der Waals surface area contributed by atoms with Crippen LogP contribution < -0.4 is 5.32 Å². The van der Waals surface area contributed by atoms with Crippen LogP contribution in [-0.2, 0) is 19.1 Å². The molecule has 0 spiro atoms. The number of Topliss-reactive ketones (excluding diaryl/α,β-unsaturated/α-hetero) is 1. The van der Waals surface area contributed by atoms with E-state index in [1.807, 2.05) is 17.1 Å². The van der Waals surface area contributed by atoms with Gasteiger partial charge in [0.25, 0.3) is 0 Å². The van der Waals surface area contributed by atoms with Crippen molar-refractivity contribution in [2.75, 3.05) is 25.2 Å². The van der Waals surface area contributed by atoms with E-state index in [9.17, 15) is 14.0 Å². The zero-order valence-corrected chi connectivity index (χ0v) is 20.3. The minimum absolute atomic E-state index is 0.0758. The van der Waals surface area contributed by atoms with Crippen LogP contribution in [0.4, 0.5) is 9.52 Å². The molecule has 4 aliphatic rings. The van der Waals surface area contributed by atoms with Crippen molar-refractivity contribution in [3.05, 3.63) is 69.2 Å². The maximum absolute atomic E-state index is 13.7. The number of fused-ring (bicyclic) bond motifs is 1. The van der Waals surface area contributed by atoms with Crippen molar-refractivity contribution in [1.29, 1.82) is 0 Å². The van der Waals surface area contributed by atoms with E-state index in [4.69, 9.17) is 21.1 Å². The number of ketones is 1. The van der Waals surface area contributed by atoms with Crippen LogP contribution in [0.2, 0.25) is 5.02 Å². The maximum atomic E-state index is 13.7. The van der Waals surface area contributed by atoms with Crippen LogP contribution in [0.25, 0.3) is 0 Å². The summed E-state index contributed by atoms with van der Waals surface area (Å²) in [4.78, 5) is 32.7. The average molecular weight is 516 g/mol. The number of thiazole rings is 1. The van der Waals surface area contributed by atoms with Gasteiger partial charge in [0.05, 0.1) is 18.0 Å². The molecule has 1 aromatic heterocycles. The zero-order valence-electron chi connectivity index (χ0n) is 18.8. The highest BCUT2D eigenvalue weighted by molar-refractivity contribution is 7.15. The monoisotopic (exact) mass is 515 g/mol. The Labute approximate surface area is 210 Å². The average Bonchev–Trinajstić information content (AvgIpc) is 3.12. The Hall–Kier alpha value is -2.59. The van der Waals surface area contributed by atoms with Gasteiger partial charge in [0.2, 0.25) is 5.91 Å². The molecule has 1 aromatic carbocycles. The summed E-state index contributed by atoms with van der Waals surface area (Å²) in [6.45, 7) is 1.12. The van der Waals surface area contributed by atoms with Crippen molar-refractivity contribution < 1.29 is 23.5 Å². The summed E-state index contributed by atoms with van der Waals surface area (Å²) in [5, 5.41) is 3.78. The van der Waals surface area contributed by atoms with Crippen molar-refractivity contribution >= 4 is 39.8 Å². The molecular formula is C25H23ClFN3O4S. The van der Waals surface area contributed by atoms with E-state index in [2.05, 4.69) is 10.3 Å². The van der Waals surface area contributed by atoms with Crippen LogP contribution in [0, 0.1) is 11.2 Å². The second kappa shape index (κ2) is 8.81.